The Kier molecular flexibility index (Phi) is 3.13. The fourth-order valence-electron chi connectivity index (χ4n) is 2.29. The topological polar surface area (TPSA) is 67.2 Å². The highest BCUT2D eigenvalue weighted by atomic mass is 32.2. The van der Waals surface area contributed by atoms with Gasteiger partial charge in [0.2, 0.25) is 0 Å². The Morgan fingerprint density at radius 3 is 2.85 bits per heavy atom. The molecule has 3 rings (SSSR count). The third-order valence-corrected chi connectivity index (χ3v) is 4.96. The van der Waals surface area contributed by atoms with E-state index in [1.165, 1.54) is 16.8 Å². The van der Waals surface area contributed by atoms with Crippen molar-refractivity contribution in [2.24, 2.45) is 7.05 Å². The Hall–Kier alpha value is -2.02. The average molecular weight is 292 g/mol. The monoisotopic (exact) mass is 292 g/mol. The van der Waals surface area contributed by atoms with Gasteiger partial charge in [-0.15, -0.1) is 0 Å². The fraction of sp³-hybridized carbons (Fsp3) is 0.308. The smallest absolute Gasteiger partial charge is 0.283 e. The van der Waals surface area contributed by atoms with Crippen molar-refractivity contribution in [1.29, 1.82) is 0 Å². The lowest BCUT2D eigenvalue weighted by molar-refractivity contribution is 0.587. The number of aromatic nitrogens is 2. The number of hydrogen-bond acceptors (Lipinski definition) is 4. The van der Waals surface area contributed by atoms with Crippen molar-refractivity contribution in [3.8, 4) is 0 Å². The van der Waals surface area contributed by atoms with E-state index < -0.39 is 10.0 Å². The lowest BCUT2D eigenvalue weighted by atomic mass is 10.2. The molecule has 0 amide bonds. The highest BCUT2D eigenvalue weighted by Crippen LogP contribution is 2.31. The van der Waals surface area contributed by atoms with Crippen LogP contribution in [0.4, 0.5) is 11.4 Å². The molecule has 1 aromatic carbocycles. The first-order chi connectivity index (χ1) is 9.59. The van der Waals surface area contributed by atoms with Gasteiger partial charge in [0.05, 0.1) is 17.7 Å². The molecular formula is C13H16N4O2S. The lowest BCUT2D eigenvalue weighted by Gasteiger charge is -2.22. The number of hydrogen-bond donors (Lipinski definition) is 1. The molecule has 20 heavy (non-hydrogen) atoms. The lowest BCUT2D eigenvalue weighted by Crippen LogP contribution is -2.31. The molecule has 1 N–H and O–H groups in total. The minimum Gasteiger partial charge on any atom is -0.383 e. The van der Waals surface area contributed by atoms with E-state index in [1.54, 1.807) is 11.6 Å². The maximum absolute atomic E-state index is 12.7. The van der Waals surface area contributed by atoms with Crippen LogP contribution in [-0.4, -0.2) is 31.1 Å². The Bertz CT molecular complexity index is 723. The van der Waals surface area contributed by atoms with E-state index in [9.17, 15) is 8.42 Å². The van der Waals surface area contributed by atoms with Gasteiger partial charge in [0.15, 0.2) is 5.03 Å². The van der Waals surface area contributed by atoms with Gasteiger partial charge in [-0.3, -0.25) is 4.31 Å². The molecule has 2 heterocycles. The third-order valence-electron chi connectivity index (χ3n) is 3.26. The van der Waals surface area contributed by atoms with Crippen molar-refractivity contribution in [2.45, 2.75) is 11.4 Å². The molecule has 2 aromatic rings. The SMILES string of the molecule is Cn1cnc(S(=O)(=O)N2CCCNc3ccccc32)c1. The van der Waals surface area contributed by atoms with E-state index in [1.807, 2.05) is 24.3 Å². The molecule has 106 valence electrons. The van der Waals surface area contributed by atoms with Gasteiger partial charge in [-0.25, -0.2) is 4.98 Å². The first-order valence-electron chi connectivity index (χ1n) is 6.42. The Balaban J connectivity index is 2.09. The van der Waals surface area contributed by atoms with Crippen molar-refractivity contribution in [3.63, 3.8) is 0 Å². The van der Waals surface area contributed by atoms with Crippen molar-refractivity contribution < 1.29 is 8.42 Å². The van der Waals surface area contributed by atoms with E-state index in [-0.39, 0.29) is 5.03 Å². The van der Waals surface area contributed by atoms with Gasteiger partial charge in [0.25, 0.3) is 10.0 Å². The third kappa shape index (κ3) is 2.14. The van der Waals surface area contributed by atoms with Gasteiger partial charge >= 0.3 is 0 Å². The summed E-state index contributed by atoms with van der Waals surface area (Å²) < 4.78 is 28.5. The second-order valence-corrected chi connectivity index (χ2v) is 6.56. The molecule has 0 bridgehead atoms. The van der Waals surface area contributed by atoms with E-state index >= 15 is 0 Å². The minimum absolute atomic E-state index is 0.0803. The average Bonchev–Trinajstić information content (AvgIpc) is 2.75. The molecule has 0 spiro atoms. The summed E-state index contributed by atoms with van der Waals surface area (Å²) in [6.07, 6.45) is 3.77. The summed E-state index contributed by atoms with van der Waals surface area (Å²) in [5, 5.41) is 3.33. The number of aryl methyl sites for hydroxylation is 1. The molecule has 7 heteroatoms. The van der Waals surface area contributed by atoms with Gasteiger partial charge in [-0.2, -0.15) is 8.42 Å². The van der Waals surface area contributed by atoms with Crippen LogP contribution in [0.3, 0.4) is 0 Å². The molecule has 0 atom stereocenters. The summed E-state index contributed by atoms with van der Waals surface area (Å²) in [5.74, 6) is 0. The van der Waals surface area contributed by atoms with Crippen LogP contribution < -0.4 is 9.62 Å². The molecule has 6 nitrogen and oxygen atoms in total. The van der Waals surface area contributed by atoms with Crippen LogP contribution in [0.25, 0.3) is 0 Å². The van der Waals surface area contributed by atoms with Gasteiger partial charge in [-0.1, -0.05) is 12.1 Å². The Morgan fingerprint density at radius 2 is 2.10 bits per heavy atom. The molecule has 1 aromatic heterocycles. The predicted molar refractivity (Wildman–Crippen MR) is 77.3 cm³/mol. The zero-order valence-corrected chi connectivity index (χ0v) is 12.0. The molecule has 0 fully saturated rings. The number of nitrogens with one attached hydrogen (secondary N) is 1. The van der Waals surface area contributed by atoms with Crippen LogP contribution in [0, 0.1) is 0 Å². The number of rotatable bonds is 2. The summed E-state index contributed by atoms with van der Waals surface area (Å²) in [6, 6.07) is 7.44. The molecular weight excluding hydrogens is 276 g/mol. The fourth-order valence-corrected chi connectivity index (χ4v) is 3.78. The molecule has 0 saturated heterocycles. The number of para-hydroxylation sites is 2. The van der Waals surface area contributed by atoms with Crippen LogP contribution in [-0.2, 0) is 17.1 Å². The molecule has 0 radical (unpaired) electrons. The highest BCUT2D eigenvalue weighted by molar-refractivity contribution is 7.92. The van der Waals surface area contributed by atoms with Gasteiger partial charge < -0.3 is 9.88 Å². The molecule has 0 unspecified atom stereocenters. The number of anilines is 2. The van der Waals surface area contributed by atoms with E-state index in [0.29, 0.717) is 12.2 Å². The maximum atomic E-state index is 12.7. The number of fused-ring (bicyclic) bond motifs is 1. The van der Waals surface area contributed by atoms with E-state index in [2.05, 4.69) is 10.3 Å². The summed E-state index contributed by atoms with van der Waals surface area (Å²) in [7, 11) is -1.86. The van der Waals surface area contributed by atoms with Gasteiger partial charge in [0.1, 0.15) is 0 Å². The van der Waals surface area contributed by atoms with Crippen molar-refractivity contribution in [2.75, 3.05) is 22.7 Å². The quantitative estimate of drug-likeness (QED) is 0.909. The summed E-state index contributed by atoms with van der Waals surface area (Å²) in [4.78, 5) is 3.98. The highest BCUT2D eigenvalue weighted by Gasteiger charge is 2.29. The van der Waals surface area contributed by atoms with Crippen LogP contribution in [0.2, 0.25) is 0 Å². The summed E-state index contributed by atoms with van der Waals surface area (Å²) in [5.41, 5.74) is 1.51. The zero-order valence-electron chi connectivity index (χ0n) is 11.2. The first kappa shape index (κ1) is 13.0. The van der Waals surface area contributed by atoms with Crippen molar-refractivity contribution in [3.05, 3.63) is 36.8 Å². The van der Waals surface area contributed by atoms with Crippen LogP contribution in [0.15, 0.2) is 41.8 Å². The van der Waals surface area contributed by atoms with Crippen molar-refractivity contribution >= 4 is 21.4 Å². The van der Waals surface area contributed by atoms with Crippen LogP contribution in [0.1, 0.15) is 6.42 Å². The van der Waals surface area contributed by atoms with Gasteiger partial charge in [-0.05, 0) is 18.6 Å². The normalized spacial score (nSPS) is 15.3. The van der Waals surface area contributed by atoms with Crippen molar-refractivity contribution in [1.82, 2.24) is 9.55 Å². The summed E-state index contributed by atoms with van der Waals surface area (Å²) >= 11 is 0. The number of benzene rings is 1. The van der Waals surface area contributed by atoms with Gasteiger partial charge in [0, 0.05) is 26.3 Å². The van der Waals surface area contributed by atoms with Crippen LogP contribution in [0.5, 0.6) is 0 Å². The zero-order chi connectivity index (χ0) is 14.2. The molecule has 0 aliphatic carbocycles. The minimum atomic E-state index is -3.62. The largest absolute Gasteiger partial charge is 0.383 e. The standard InChI is InChI=1S/C13H16N4O2S/c1-16-9-13(15-10-16)20(18,19)17-8-4-7-14-11-5-2-3-6-12(11)17/h2-3,5-6,9-10,14H,4,7-8H2,1H3. The summed E-state index contributed by atoms with van der Waals surface area (Å²) in [6.45, 7) is 1.20. The molecule has 1 aliphatic rings. The number of nitrogens with zero attached hydrogens (tertiary/aromatic N) is 3. The second kappa shape index (κ2) is 4.82. The van der Waals surface area contributed by atoms with E-state index in [4.69, 9.17) is 0 Å². The Labute approximate surface area is 118 Å². The number of imidazole rings is 1. The van der Waals surface area contributed by atoms with Crippen LogP contribution >= 0.6 is 0 Å². The first-order valence-corrected chi connectivity index (χ1v) is 7.86. The second-order valence-electron chi connectivity index (χ2n) is 4.75. The van der Waals surface area contributed by atoms with E-state index in [0.717, 1.165) is 18.7 Å². The molecule has 1 aliphatic heterocycles. The Morgan fingerprint density at radius 1 is 1.30 bits per heavy atom. The number of sulfonamides is 1. The maximum Gasteiger partial charge on any atom is 0.283 e. The predicted octanol–water partition coefficient (Wildman–Crippen LogP) is 1.43. The molecule has 0 saturated carbocycles.